The average Bonchev–Trinajstić information content (AvgIpc) is 2.44. The molecule has 1 amide bonds. The molecule has 1 atom stereocenters. The molecule has 0 saturated carbocycles. The highest BCUT2D eigenvalue weighted by Gasteiger charge is 2.21. The quantitative estimate of drug-likeness (QED) is 0.244. The predicted octanol–water partition coefficient (Wildman–Crippen LogP) is -0.459. The number of nitro groups is 1. The minimum Gasteiger partial charge on any atom is -0.480 e. The van der Waals surface area contributed by atoms with E-state index in [1.165, 1.54) is 12.1 Å². The van der Waals surface area contributed by atoms with Gasteiger partial charge in [0.15, 0.2) is 0 Å². The van der Waals surface area contributed by atoms with Crippen LogP contribution in [0.4, 0.5) is 17.1 Å². The van der Waals surface area contributed by atoms with E-state index in [-0.39, 0.29) is 30.2 Å². The van der Waals surface area contributed by atoms with E-state index in [0.717, 1.165) is 6.07 Å². The molecular formula is C12H16N4O6. The number of aliphatic hydroxyl groups is 1. The van der Waals surface area contributed by atoms with Crippen LogP contribution in [0.5, 0.6) is 0 Å². The lowest BCUT2D eigenvalue weighted by Gasteiger charge is -2.13. The van der Waals surface area contributed by atoms with Gasteiger partial charge in [0.1, 0.15) is 11.7 Å². The number of aliphatic hydroxyl groups excluding tert-OH is 1. The summed E-state index contributed by atoms with van der Waals surface area (Å²) < 4.78 is 0. The molecule has 0 bridgehead atoms. The summed E-state index contributed by atoms with van der Waals surface area (Å²) in [5.41, 5.74) is 5.17. The first-order valence-corrected chi connectivity index (χ1v) is 6.26. The number of hydrogen-bond donors (Lipinski definition) is 5. The van der Waals surface area contributed by atoms with E-state index in [0.29, 0.717) is 0 Å². The van der Waals surface area contributed by atoms with Gasteiger partial charge in [0.2, 0.25) is 5.91 Å². The molecule has 0 aliphatic carbocycles. The molecule has 0 radical (unpaired) electrons. The number of nitrogens with zero attached hydrogens (tertiary/aromatic N) is 1. The molecule has 22 heavy (non-hydrogen) atoms. The van der Waals surface area contributed by atoms with Gasteiger partial charge < -0.3 is 26.6 Å². The summed E-state index contributed by atoms with van der Waals surface area (Å²) in [6.45, 7) is -0.243. The molecule has 6 N–H and O–H groups in total. The van der Waals surface area contributed by atoms with Gasteiger partial charge in [-0.05, 0) is 12.1 Å². The number of nitrogens with two attached hydrogens (primary N) is 1. The summed E-state index contributed by atoms with van der Waals surface area (Å²) in [4.78, 5) is 32.8. The number of hydrogen-bond acceptors (Lipinski definition) is 7. The van der Waals surface area contributed by atoms with E-state index in [1.54, 1.807) is 0 Å². The molecular weight excluding hydrogens is 296 g/mol. The van der Waals surface area contributed by atoms with E-state index < -0.39 is 29.3 Å². The highest BCUT2D eigenvalue weighted by molar-refractivity contribution is 5.94. The second-order valence-corrected chi connectivity index (χ2v) is 4.35. The van der Waals surface area contributed by atoms with E-state index in [4.69, 9.17) is 15.9 Å². The van der Waals surface area contributed by atoms with Crippen LogP contribution < -0.4 is 16.4 Å². The first-order chi connectivity index (χ1) is 10.3. The summed E-state index contributed by atoms with van der Waals surface area (Å²) in [6.07, 6.45) is -0.395. The monoisotopic (exact) mass is 312 g/mol. The number of benzene rings is 1. The average molecular weight is 312 g/mol. The summed E-state index contributed by atoms with van der Waals surface area (Å²) >= 11 is 0. The molecule has 0 fully saturated rings. The molecule has 10 nitrogen and oxygen atoms in total. The highest BCUT2D eigenvalue weighted by atomic mass is 16.6. The van der Waals surface area contributed by atoms with Crippen molar-refractivity contribution >= 4 is 28.9 Å². The molecule has 120 valence electrons. The molecule has 1 rings (SSSR count). The van der Waals surface area contributed by atoms with E-state index >= 15 is 0 Å². The molecule has 1 aromatic rings. The van der Waals surface area contributed by atoms with Crippen molar-refractivity contribution < 1.29 is 24.7 Å². The number of anilines is 2. The molecule has 0 aromatic heterocycles. The second kappa shape index (κ2) is 7.90. The Morgan fingerprint density at radius 1 is 1.41 bits per heavy atom. The minimum atomic E-state index is -1.24. The van der Waals surface area contributed by atoms with Crippen molar-refractivity contribution in [2.24, 2.45) is 0 Å². The Bertz CT molecular complexity index is 577. The summed E-state index contributed by atoms with van der Waals surface area (Å²) in [7, 11) is 0. The van der Waals surface area contributed by atoms with Gasteiger partial charge in [-0.2, -0.15) is 0 Å². The van der Waals surface area contributed by atoms with Gasteiger partial charge in [-0.3, -0.25) is 19.7 Å². The van der Waals surface area contributed by atoms with Crippen molar-refractivity contribution in [3.8, 4) is 0 Å². The number of carboxylic acid groups (broad SMARTS) is 1. The zero-order valence-electron chi connectivity index (χ0n) is 11.5. The maximum atomic E-state index is 11.8. The number of nitrogen functional groups attached to an aromatic ring is 1. The van der Waals surface area contributed by atoms with Crippen molar-refractivity contribution in [3.63, 3.8) is 0 Å². The number of carboxylic acids is 1. The van der Waals surface area contributed by atoms with Crippen LogP contribution in [0.2, 0.25) is 0 Å². The van der Waals surface area contributed by atoms with Crippen LogP contribution in [0.25, 0.3) is 0 Å². The first-order valence-electron chi connectivity index (χ1n) is 6.26. The van der Waals surface area contributed by atoms with Crippen LogP contribution in [-0.2, 0) is 9.59 Å². The third kappa shape index (κ3) is 5.00. The van der Waals surface area contributed by atoms with Crippen molar-refractivity contribution in [2.75, 3.05) is 24.2 Å². The maximum absolute atomic E-state index is 11.8. The second-order valence-electron chi connectivity index (χ2n) is 4.35. The number of rotatable bonds is 8. The van der Waals surface area contributed by atoms with E-state index in [2.05, 4.69) is 10.6 Å². The SMILES string of the molecule is Nc1ccc(NC(=O)C[C@@H](NCCO)C(=O)O)cc1[N+](=O)[O-]. The lowest BCUT2D eigenvalue weighted by molar-refractivity contribution is -0.383. The third-order valence-corrected chi connectivity index (χ3v) is 2.70. The zero-order valence-corrected chi connectivity index (χ0v) is 11.5. The van der Waals surface area contributed by atoms with Gasteiger partial charge in [0.25, 0.3) is 5.69 Å². The fourth-order valence-electron chi connectivity index (χ4n) is 1.66. The van der Waals surface area contributed by atoms with Gasteiger partial charge in [-0.1, -0.05) is 0 Å². The molecule has 0 spiro atoms. The Morgan fingerprint density at radius 3 is 2.64 bits per heavy atom. The van der Waals surface area contributed by atoms with Crippen molar-refractivity contribution in [3.05, 3.63) is 28.3 Å². The number of carbonyl (C=O) groups is 2. The molecule has 0 aliphatic rings. The molecule has 1 aromatic carbocycles. The van der Waals surface area contributed by atoms with Crippen molar-refractivity contribution in [2.45, 2.75) is 12.5 Å². The van der Waals surface area contributed by atoms with Gasteiger partial charge in [-0.15, -0.1) is 0 Å². The van der Waals surface area contributed by atoms with Crippen LogP contribution in [0, 0.1) is 10.1 Å². The van der Waals surface area contributed by atoms with Crippen LogP contribution in [0.15, 0.2) is 18.2 Å². The molecule has 10 heteroatoms. The fraction of sp³-hybridized carbons (Fsp3) is 0.333. The molecule has 0 saturated heterocycles. The van der Waals surface area contributed by atoms with Gasteiger partial charge in [-0.25, -0.2) is 0 Å². The fourth-order valence-corrected chi connectivity index (χ4v) is 1.66. The molecule has 0 unspecified atom stereocenters. The summed E-state index contributed by atoms with van der Waals surface area (Å²) in [5, 5.41) is 33.2. The van der Waals surface area contributed by atoms with Crippen LogP contribution >= 0.6 is 0 Å². The normalized spacial score (nSPS) is 11.7. The van der Waals surface area contributed by atoms with Gasteiger partial charge in [0.05, 0.1) is 18.0 Å². The van der Waals surface area contributed by atoms with E-state index in [1.807, 2.05) is 0 Å². The number of carbonyl (C=O) groups excluding carboxylic acids is 1. The van der Waals surface area contributed by atoms with Crippen LogP contribution in [0.3, 0.4) is 0 Å². The third-order valence-electron chi connectivity index (χ3n) is 2.70. The minimum absolute atomic E-state index is 0.0254. The van der Waals surface area contributed by atoms with Gasteiger partial charge in [0, 0.05) is 18.3 Å². The highest BCUT2D eigenvalue weighted by Crippen LogP contribution is 2.25. The van der Waals surface area contributed by atoms with Crippen molar-refractivity contribution in [1.29, 1.82) is 0 Å². The largest absolute Gasteiger partial charge is 0.480 e. The number of nitrogens with one attached hydrogen (secondary N) is 2. The van der Waals surface area contributed by atoms with Crippen LogP contribution in [-0.4, -0.2) is 46.2 Å². The Hall–Kier alpha value is -2.72. The molecule has 0 heterocycles. The summed E-state index contributed by atoms with van der Waals surface area (Å²) in [5.74, 6) is -1.89. The van der Waals surface area contributed by atoms with Crippen molar-refractivity contribution in [1.82, 2.24) is 5.32 Å². The number of nitro benzene ring substituents is 1. The predicted molar refractivity (Wildman–Crippen MR) is 77.3 cm³/mol. The Balaban J connectivity index is 2.73. The van der Waals surface area contributed by atoms with Crippen LogP contribution in [0.1, 0.15) is 6.42 Å². The maximum Gasteiger partial charge on any atom is 0.321 e. The lowest BCUT2D eigenvalue weighted by Crippen LogP contribution is -2.41. The van der Waals surface area contributed by atoms with Gasteiger partial charge >= 0.3 is 5.97 Å². The number of amides is 1. The smallest absolute Gasteiger partial charge is 0.321 e. The Kier molecular flexibility index (Phi) is 6.23. The Morgan fingerprint density at radius 2 is 2.09 bits per heavy atom. The number of aliphatic carboxylic acids is 1. The zero-order chi connectivity index (χ0) is 16.7. The molecule has 0 aliphatic heterocycles. The first kappa shape index (κ1) is 17.3. The standard InChI is InChI=1S/C12H16N4O6/c13-8-2-1-7(5-10(8)16(21)22)15-11(18)6-9(12(19)20)14-3-4-17/h1-2,5,9,14,17H,3-4,6,13H2,(H,15,18)(H,19,20)/t9-/m1/s1. The topological polar surface area (TPSA) is 168 Å². The Labute approximate surface area is 125 Å². The van der Waals surface area contributed by atoms with E-state index in [9.17, 15) is 19.7 Å². The summed E-state index contributed by atoms with van der Waals surface area (Å²) in [6, 6.07) is 2.56. The lowest BCUT2D eigenvalue weighted by atomic mass is 10.2.